The number of halogens is 1. The molecule has 1 nitrogen and oxygen atoms in total. The Balaban J connectivity index is 2.03. The summed E-state index contributed by atoms with van der Waals surface area (Å²) < 4.78 is 5.34. The summed E-state index contributed by atoms with van der Waals surface area (Å²) in [7, 11) is 0. The second kappa shape index (κ2) is 4.65. The molecule has 1 saturated heterocycles. The minimum atomic E-state index is 0.192. The Morgan fingerprint density at radius 2 is 2.14 bits per heavy atom. The highest BCUT2D eigenvalue weighted by Crippen LogP contribution is 2.38. The van der Waals surface area contributed by atoms with Crippen LogP contribution in [-0.2, 0) is 4.74 Å². The van der Waals surface area contributed by atoms with Crippen LogP contribution in [0.2, 0.25) is 0 Å². The summed E-state index contributed by atoms with van der Waals surface area (Å²) in [5.41, 5.74) is 0. The smallest absolute Gasteiger partial charge is 0.0708 e. The van der Waals surface area contributed by atoms with Gasteiger partial charge in [-0.1, -0.05) is 0 Å². The van der Waals surface area contributed by atoms with E-state index in [0.29, 0.717) is 5.92 Å². The quantitative estimate of drug-likeness (QED) is 0.703. The summed E-state index contributed by atoms with van der Waals surface area (Å²) in [4.78, 5) is 2.66. The van der Waals surface area contributed by atoms with E-state index in [1.807, 2.05) is 11.3 Å². The Labute approximate surface area is 94.0 Å². The summed E-state index contributed by atoms with van der Waals surface area (Å²) in [6.45, 7) is 3.87. The van der Waals surface area contributed by atoms with Gasteiger partial charge in [0.05, 0.1) is 5.38 Å². The standard InChI is InChI=1S/C11H15ClOS/c1-8-2-3-10(14-8)11(12)9-4-6-13-7-5-9/h2-3,9,11H,4-7H2,1H3. The van der Waals surface area contributed by atoms with Crippen molar-refractivity contribution >= 4 is 22.9 Å². The lowest BCUT2D eigenvalue weighted by atomic mass is 9.95. The first-order valence-electron chi connectivity index (χ1n) is 5.05. The van der Waals surface area contributed by atoms with Crippen molar-refractivity contribution in [2.24, 2.45) is 5.92 Å². The van der Waals surface area contributed by atoms with E-state index in [9.17, 15) is 0 Å². The Morgan fingerprint density at radius 3 is 2.71 bits per heavy atom. The third-order valence-corrected chi connectivity index (χ3v) is 4.52. The van der Waals surface area contributed by atoms with E-state index in [1.165, 1.54) is 9.75 Å². The van der Waals surface area contributed by atoms with Gasteiger partial charge < -0.3 is 4.74 Å². The molecule has 2 heterocycles. The number of ether oxygens (including phenoxy) is 1. The second-order valence-corrected chi connectivity index (χ2v) is 5.59. The SMILES string of the molecule is Cc1ccc(C(Cl)C2CCOCC2)s1. The van der Waals surface area contributed by atoms with E-state index in [-0.39, 0.29) is 5.38 Å². The first-order valence-corrected chi connectivity index (χ1v) is 6.31. The molecule has 1 fully saturated rings. The fraction of sp³-hybridized carbons (Fsp3) is 0.636. The fourth-order valence-corrected chi connectivity index (χ4v) is 3.25. The van der Waals surface area contributed by atoms with Gasteiger partial charge in [0.2, 0.25) is 0 Å². The number of hydrogen-bond acceptors (Lipinski definition) is 2. The molecule has 3 heteroatoms. The first-order chi connectivity index (χ1) is 6.77. The minimum absolute atomic E-state index is 0.192. The summed E-state index contributed by atoms with van der Waals surface area (Å²) in [5, 5.41) is 0.192. The zero-order chi connectivity index (χ0) is 9.97. The van der Waals surface area contributed by atoms with Crippen LogP contribution < -0.4 is 0 Å². The monoisotopic (exact) mass is 230 g/mol. The number of rotatable bonds is 2. The molecule has 0 spiro atoms. The van der Waals surface area contributed by atoms with E-state index in [1.54, 1.807) is 0 Å². The normalized spacial score (nSPS) is 21.0. The Hall–Kier alpha value is -0.0500. The van der Waals surface area contributed by atoms with Crippen molar-refractivity contribution in [2.75, 3.05) is 13.2 Å². The minimum Gasteiger partial charge on any atom is -0.381 e. The highest BCUT2D eigenvalue weighted by molar-refractivity contribution is 7.12. The summed E-state index contributed by atoms with van der Waals surface area (Å²) in [6, 6.07) is 4.31. The Bertz CT molecular complexity index is 291. The zero-order valence-electron chi connectivity index (χ0n) is 8.33. The van der Waals surface area contributed by atoms with Crippen LogP contribution in [0.15, 0.2) is 12.1 Å². The van der Waals surface area contributed by atoms with Crippen molar-refractivity contribution < 1.29 is 4.74 Å². The van der Waals surface area contributed by atoms with Gasteiger partial charge in [-0.15, -0.1) is 22.9 Å². The molecule has 0 saturated carbocycles. The second-order valence-electron chi connectivity index (χ2n) is 3.80. The summed E-state index contributed by atoms with van der Waals surface area (Å²) in [6.07, 6.45) is 2.20. The van der Waals surface area contributed by atoms with Crippen molar-refractivity contribution in [3.8, 4) is 0 Å². The van der Waals surface area contributed by atoms with Crippen LogP contribution >= 0.6 is 22.9 Å². The third kappa shape index (κ3) is 2.30. The molecule has 1 atom stereocenters. The van der Waals surface area contributed by atoms with E-state index in [0.717, 1.165) is 26.1 Å². The molecule has 2 rings (SSSR count). The molecule has 78 valence electrons. The van der Waals surface area contributed by atoms with Gasteiger partial charge in [0.1, 0.15) is 0 Å². The molecule has 14 heavy (non-hydrogen) atoms. The molecular weight excluding hydrogens is 216 g/mol. The molecule has 0 N–H and O–H groups in total. The van der Waals surface area contributed by atoms with Crippen LogP contribution in [0.5, 0.6) is 0 Å². The molecule has 1 aliphatic rings. The van der Waals surface area contributed by atoms with Gasteiger partial charge in [-0.05, 0) is 37.8 Å². The summed E-state index contributed by atoms with van der Waals surface area (Å²) in [5.74, 6) is 0.600. The number of thiophene rings is 1. The van der Waals surface area contributed by atoms with Gasteiger partial charge >= 0.3 is 0 Å². The van der Waals surface area contributed by atoms with Crippen LogP contribution in [0, 0.1) is 12.8 Å². The van der Waals surface area contributed by atoms with E-state index in [2.05, 4.69) is 19.1 Å². The molecule has 1 unspecified atom stereocenters. The summed E-state index contributed by atoms with van der Waals surface area (Å²) >= 11 is 8.27. The van der Waals surface area contributed by atoms with Gasteiger partial charge in [-0.25, -0.2) is 0 Å². The average Bonchev–Trinajstić information content (AvgIpc) is 2.65. The Kier molecular flexibility index (Phi) is 3.47. The number of aryl methyl sites for hydroxylation is 1. The fourth-order valence-electron chi connectivity index (χ4n) is 1.84. The average molecular weight is 231 g/mol. The van der Waals surface area contributed by atoms with E-state index in [4.69, 9.17) is 16.3 Å². The largest absolute Gasteiger partial charge is 0.381 e. The topological polar surface area (TPSA) is 9.23 Å². The van der Waals surface area contributed by atoms with Gasteiger partial charge in [-0.3, -0.25) is 0 Å². The highest BCUT2D eigenvalue weighted by atomic mass is 35.5. The number of alkyl halides is 1. The van der Waals surface area contributed by atoms with Crippen LogP contribution in [0.3, 0.4) is 0 Å². The van der Waals surface area contributed by atoms with Crippen molar-refractivity contribution in [1.82, 2.24) is 0 Å². The molecule has 0 radical (unpaired) electrons. The molecule has 0 bridgehead atoms. The van der Waals surface area contributed by atoms with Gasteiger partial charge in [0.15, 0.2) is 0 Å². The van der Waals surface area contributed by atoms with Crippen molar-refractivity contribution in [3.63, 3.8) is 0 Å². The van der Waals surface area contributed by atoms with Gasteiger partial charge in [-0.2, -0.15) is 0 Å². The predicted octanol–water partition coefficient (Wildman–Crippen LogP) is 3.76. The van der Waals surface area contributed by atoms with Crippen LogP contribution in [0.25, 0.3) is 0 Å². The number of hydrogen-bond donors (Lipinski definition) is 0. The van der Waals surface area contributed by atoms with Crippen molar-refractivity contribution in [1.29, 1.82) is 0 Å². The molecular formula is C11H15ClOS. The van der Waals surface area contributed by atoms with E-state index >= 15 is 0 Å². The lowest BCUT2D eigenvalue weighted by Crippen LogP contribution is -2.18. The van der Waals surface area contributed by atoms with E-state index < -0.39 is 0 Å². The Morgan fingerprint density at radius 1 is 1.43 bits per heavy atom. The first kappa shape index (κ1) is 10.5. The highest BCUT2D eigenvalue weighted by Gasteiger charge is 2.24. The van der Waals surface area contributed by atoms with Gasteiger partial charge in [0, 0.05) is 23.0 Å². The maximum absolute atomic E-state index is 6.45. The zero-order valence-corrected chi connectivity index (χ0v) is 9.90. The van der Waals surface area contributed by atoms with Crippen LogP contribution in [-0.4, -0.2) is 13.2 Å². The van der Waals surface area contributed by atoms with Crippen molar-refractivity contribution in [3.05, 3.63) is 21.9 Å². The maximum Gasteiger partial charge on any atom is 0.0708 e. The lowest BCUT2D eigenvalue weighted by Gasteiger charge is -2.25. The molecule has 1 aromatic heterocycles. The third-order valence-electron chi connectivity index (χ3n) is 2.71. The molecule has 0 amide bonds. The lowest BCUT2D eigenvalue weighted by molar-refractivity contribution is 0.0653. The molecule has 0 aromatic carbocycles. The van der Waals surface area contributed by atoms with Crippen molar-refractivity contribution in [2.45, 2.75) is 25.1 Å². The van der Waals surface area contributed by atoms with Gasteiger partial charge in [0.25, 0.3) is 0 Å². The van der Waals surface area contributed by atoms with Crippen LogP contribution in [0.1, 0.15) is 28.0 Å². The predicted molar refractivity (Wildman–Crippen MR) is 61.2 cm³/mol. The molecule has 1 aromatic rings. The van der Waals surface area contributed by atoms with Crippen LogP contribution in [0.4, 0.5) is 0 Å². The maximum atomic E-state index is 6.45. The molecule has 1 aliphatic heterocycles. The molecule has 0 aliphatic carbocycles.